The molecule has 110 valence electrons. The van der Waals surface area contributed by atoms with Crippen molar-refractivity contribution in [3.8, 4) is 5.75 Å². The van der Waals surface area contributed by atoms with Gasteiger partial charge in [0, 0.05) is 13.1 Å². The molecule has 1 fully saturated rings. The van der Waals surface area contributed by atoms with Crippen molar-refractivity contribution in [2.45, 2.75) is 32.0 Å². The van der Waals surface area contributed by atoms with Crippen LogP contribution < -0.4 is 10.6 Å². The zero-order valence-electron chi connectivity index (χ0n) is 11.9. The molecule has 4 N–H and O–H groups in total. The highest BCUT2D eigenvalue weighted by molar-refractivity contribution is 5.87. The van der Waals surface area contributed by atoms with Gasteiger partial charge in [-0.1, -0.05) is 6.07 Å². The predicted octanol–water partition coefficient (Wildman–Crippen LogP) is 1.53. The SMILES string of the molecule is CC(C)(C)OC(=O)Nc1cc(C2(O)CNC2)ccc1O. The number of phenolic OH excluding ortho intramolecular Hbond substituents is 1. The van der Waals surface area contributed by atoms with Crippen molar-refractivity contribution in [1.82, 2.24) is 5.32 Å². The van der Waals surface area contributed by atoms with Gasteiger partial charge in [-0.3, -0.25) is 5.32 Å². The minimum absolute atomic E-state index is 0.0736. The van der Waals surface area contributed by atoms with Crippen LogP contribution in [-0.4, -0.2) is 35.0 Å². The van der Waals surface area contributed by atoms with E-state index in [1.807, 2.05) is 0 Å². The zero-order chi connectivity index (χ0) is 15.0. The standard InChI is InChI=1S/C14H20N2O4/c1-13(2,3)20-12(18)16-10-6-9(4-5-11(10)17)14(19)7-15-8-14/h4-6,15,17,19H,7-8H2,1-3H3,(H,16,18). The zero-order valence-corrected chi connectivity index (χ0v) is 11.9. The molecule has 0 saturated carbocycles. The van der Waals surface area contributed by atoms with Gasteiger partial charge >= 0.3 is 6.09 Å². The van der Waals surface area contributed by atoms with Crippen LogP contribution in [0.2, 0.25) is 0 Å². The number of hydrogen-bond donors (Lipinski definition) is 4. The molecule has 1 aromatic rings. The second-order valence-corrected chi connectivity index (χ2v) is 5.99. The molecule has 1 aliphatic heterocycles. The number of aliphatic hydroxyl groups is 1. The monoisotopic (exact) mass is 280 g/mol. The Morgan fingerprint density at radius 3 is 2.55 bits per heavy atom. The van der Waals surface area contributed by atoms with Crippen LogP contribution in [0.1, 0.15) is 26.3 Å². The quantitative estimate of drug-likeness (QED) is 0.617. The van der Waals surface area contributed by atoms with Gasteiger partial charge in [0.25, 0.3) is 0 Å². The van der Waals surface area contributed by atoms with E-state index < -0.39 is 17.3 Å². The fraction of sp³-hybridized carbons (Fsp3) is 0.500. The Kier molecular flexibility index (Phi) is 3.62. The summed E-state index contributed by atoms with van der Waals surface area (Å²) in [5, 5.41) is 25.5. The number of carbonyl (C=O) groups is 1. The predicted molar refractivity (Wildman–Crippen MR) is 74.7 cm³/mol. The van der Waals surface area contributed by atoms with Gasteiger partial charge in [-0.15, -0.1) is 0 Å². The van der Waals surface area contributed by atoms with E-state index >= 15 is 0 Å². The summed E-state index contributed by atoms with van der Waals surface area (Å²) in [6, 6.07) is 4.63. The Morgan fingerprint density at radius 1 is 1.40 bits per heavy atom. The van der Waals surface area contributed by atoms with E-state index in [2.05, 4.69) is 10.6 Å². The molecule has 0 aliphatic carbocycles. The van der Waals surface area contributed by atoms with Crippen molar-refractivity contribution in [2.75, 3.05) is 18.4 Å². The molecule has 6 heteroatoms. The lowest BCUT2D eigenvalue weighted by molar-refractivity contribution is -0.0146. The number of benzene rings is 1. The molecule has 1 saturated heterocycles. The highest BCUT2D eigenvalue weighted by Crippen LogP contribution is 2.32. The van der Waals surface area contributed by atoms with Crippen molar-refractivity contribution in [3.05, 3.63) is 23.8 Å². The van der Waals surface area contributed by atoms with E-state index in [0.717, 1.165) is 0 Å². The summed E-state index contributed by atoms with van der Waals surface area (Å²) in [5.41, 5.74) is -0.706. The largest absolute Gasteiger partial charge is 0.506 e. The van der Waals surface area contributed by atoms with Gasteiger partial charge in [0.05, 0.1) is 5.69 Å². The van der Waals surface area contributed by atoms with Crippen LogP contribution in [0.25, 0.3) is 0 Å². The lowest BCUT2D eigenvalue weighted by atomic mass is 9.88. The highest BCUT2D eigenvalue weighted by Gasteiger charge is 2.36. The van der Waals surface area contributed by atoms with E-state index in [1.54, 1.807) is 32.9 Å². The van der Waals surface area contributed by atoms with Crippen LogP contribution in [0.3, 0.4) is 0 Å². The van der Waals surface area contributed by atoms with Gasteiger partial charge in [0.2, 0.25) is 0 Å². The third kappa shape index (κ3) is 3.20. The van der Waals surface area contributed by atoms with E-state index in [1.165, 1.54) is 6.07 Å². The Balaban J connectivity index is 2.15. The molecule has 6 nitrogen and oxygen atoms in total. The summed E-state index contributed by atoms with van der Waals surface area (Å²) in [4.78, 5) is 11.7. The number of nitrogens with one attached hydrogen (secondary N) is 2. The van der Waals surface area contributed by atoms with Crippen LogP contribution in [-0.2, 0) is 10.3 Å². The summed E-state index contributed by atoms with van der Waals surface area (Å²) in [5.74, 6) is -0.0736. The van der Waals surface area contributed by atoms with Crippen molar-refractivity contribution in [1.29, 1.82) is 0 Å². The Bertz CT molecular complexity index is 518. The molecule has 0 spiro atoms. The number of β-amino-alcohol motifs (C(OH)–C–C–N with tert-alkyl or cyclic N) is 1. The van der Waals surface area contributed by atoms with Gasteiger partial charge in [0.1, 0.15) is 17.0 Å². The molecular weight excluding hydrogens is 260 g/mol. The first kappa shape index (κ1) is 14.6. The number of phenols is 1. The second-order valence-electron chi connectivity index (χ2n) is 5.99. The Morgan fingerprint density at radius 2 is 2.05 bits per heavy atom. The minimum Gasteiger partial charge on any atom is -0.506 e. The average molecular weight is 280 g/mol. The number of ether oxygens (including phenoxy) is 1. The Labute approximate surface area is 117 Å². The van der Waals surface area contributed by atoms with Crippen LogP contribution in [0.5, 0.6) is 5.75 Å². The average Bonchev–Trinajstić information content (AvgIpc) is 2.26. The van der Waals surface area contributed by atoms with E-state index in [0.29, 0.717) is 18.7 Å². The lowest BCUT2D eigenvalue weighted by Crippen LogP contribution is -2.56. The molecular formula is C14H20N2O4. The van der Waals surface area contributed by atoms with Gasteiger partial charge in [0.15, 0.2) is 0 Å². The first-order valence-electron chi connectivity index (χ1n) is 6.46. The number of carbonyl (C=O) groups excluding carboxylic acids is 1. The Hall–Kier alpha value is -1.79. The van der Waals surface area contributed by atoms with Crippen molar-refractivity contribution >= 4 is 11.8 Å². The van der Waals surface area contributed by atoms with E-state index in [4.69, 9.17) is 4.74 Å². The van der Waals surface area contributed by atoms with Gasteiger partial charge in [-0.05, 0) is 38.5 Å². The van der Waals surface area contributed by atoms with Gasteiger partial charge in [-0.25, -0.2) is 4.79 Å². The molecule has 0 atom stereocenters. The molecule has 1 amide bonds. The van der Waals surface area contributed by atoms with Crippen molar-refractivity contribution in [2.24, 2.45) is 0 Å². The van der Waals surface area contributed by atoms with Crippen LogP contribution >= 0.6 is 0 Å². The molecule has 2 rings (SSSR count). The fourth-order valence-corrected chi connectivity index (χ4v) is 1.91. The third-order valence-corrected chi connectivity index (χ3v) is 3.00. The fourth-order valence-electron chi connectivity index (χ4n) is 1.91. The van der Waals surface area contributed by atoms with Crippen molar-refractivity contribution in [3.63, 3.8) is 0 Å². The van der Waals surface area contributed by atoms with Crippen LogP contribution in [0.4, 0.5) is 10.5 Å². The third-order valence-electron chi connectivity index (χ3n) is 3.00. The summed E-state index contributed by atoms with van der Waals surface area (Å²) in [6.07, 6.45) is -0.649. The van der Waals surface area contributed by atoms with Crippen LogP contribution in [0, 0.1) is 0 Å². The van der Waals surface area contributed by atoms with Crippen LogP contribution in [0.15, 0.2) is 18.2 Å². The maximum absolute atomic E-state index is 11.7. The molecule has 20 heavy (non-hydrogen) atoms. The first-order chi connectivity index (χ1) is 9.20. The van der Waals surface area contributed by atoms with Gasteiger partial charge in [-0.2, -0.15) is 0 Å². The van der Waals surface area contributed by atoms with Gasteiger partial charge < -0.3 is 20.3 Å². The first-order valence-corrected chi connectivity index (χ1v) is 6.46. The van der Waals surface area contributed by atoms with Crippen molar-refractivity contribution < 1.29 is 19.7 Å². The topological polar surface area (TPSA) is 90.8 Å². The molecule has 1 aromatic carbocycles. The molecule has 1 aliphatic rings. The number of rotatable bonds is 2. The normalized spacial score (nSPS) is 17.2. The van der Waals surface area contributed by atoms with E-state index in [-0.39, 0.29) is 11.4 Å². The molecule has 1 heterocycles. The molecule has 0 aromatic heterocycles. The number of amides is 1. The molecule has 0 unspecified atom stereocenters. The lowest BCUT2D eigenvalue weighted by Gasteiger charge is -2.38. The summed E-state index contributed by atoms with van der Waals surface area (Å²) in [6.45, 7) is 6.16. The maximum Gasteiger partial charge on any atom is 0.412 e. The minimum atomic E-state index is -0.946. The smallest absolute Gasteiger partial charge is 0.412 e. The maximum atomic E-state index is 11.7. The summed E-state index contributed by atoms with van der Waals surface area (Å²) in [7, 11) is 0. The van der Waals surface area contributed by atoms with E-state index in [9.17, 15) is 15.0 Å². The summed E-state index contributed by atoms with van der Waals surface area (Å²) >= 11 is 0. The summed E-state index contributed by atoms with van der Waals surface area (Å²) < 4.78 is 5.13. The highest BCUT2D eigenvalue weighted by atomic mass is 16.6. The number of hydrogen-bond acceptors (Lipinski definition) is 5. The second kappa shape index (κ2) is 4.96. The molecule has 0 radical (unpaired) electrons. The molecule has 0 bridgehead atoms. The number of anilines is 1. The number of aromatic hydroxyl groups is 1.